The van der Waals surface area contributed by atoms with Crippen molar-refractivity contribution < 1.29 is 10.2 Å². The maximum atomic E-state index is 11.3. The Morgan fingerprint density at radius 2 is 0.857 bits per heavy atom. The highest BCUT2D eigenvalue weighted by Crippen LogP contribution is 2.65. The standard InChI is InChI=1S/C26H34O2/c27-22-7-21(25-9-15-1-16(10-25)3-17(2-15)11-25)8-23(28)24(22)26-12-18-4-19(13-26)6-20(5-18)14-26/h7-8,15-20,27-28H,1-6,9-14H2. The topological polar surface area (TPSA) is 40.5 Å². The van der Waals surface area contributed by atoms with Crippen molar-refractivity contribution >= 4 is 0 Å². The number of benzene rings is 1. The molecule has 0 amide bonds. The van der Waals surface area contributed by atoms with Gasteiger partial charge in [-0.25, -0.2) is 0 Å². The molecule has 150 valence electrons. The summed E-state index contributed by atoms with van der Waals surface area (Å²) in [6, 6.07) is 4.22. The molecule has 2 N–H and O–H groups in total. The van der Waals surface area contributed by atoms with Crippen LogP contribution in [0.5, 0.6) is 11.5 Å². The normalized spacial score (nSPS) is 50.4. The van der Waals surface area contributed by atoms with Gasteiger partial charge in [-0.2, -0.15) is 0 Å². The lowest BCUT2D eigenvalue weighted by molar-refractivity contribution is -0.00867. The van der Waals surface area contributed by atoms with Gasteiger partial charge in [-0.15, -0.1) is 0 Å². The van der Waals surface area contributed by atoms with Crippen molar-refractivity contribution in [2.45, 2.75) is 87.9 Å². The van der Waals surface area contributed by atoms with E-state index in [4.69, 9.17) is 0 Å². The summed E-state index contributed by atoms with van der Waals surface area (Å²) in [6.07, 6.45) is 15.9. The molecule has 2 nitrogen and oxygen atoms in total. The zero-order chi connectivity index (χ0) is 18.7. The lowest BCUT2D eigenvalue weighted by Gasteiger charge is -2.58. The van der Waals surface area contributed by atoms with Crippen LogP contribution in [0.3, 0.4) is 0 Å². The molecule has 28 heavy (non-hydrogen) atoms. The molecule has 0 unspecified atom stereocenters. The van der Waals surface area contributed by atoms with Crippen molar-refractivity contribution in [2.75, 3.05) is 0 Å². The van der Waals surface area contributed by atoms with Gasteiger partial charge in [-0.05, 0) is 136 Å². The number of aromatic hydroxyl groups is 2. The maximum absolute atomic E-state index is 11.3. The molecule has 9 rings (SSSR count). The number of rotatable bonds is 2. The van der Waals surface area contributed by atoms with E-state index in [-0.39, 0.29) is 10.8 Å². The number of hydrogen-bond acceptors (Lipinski definition) is 2. The highest BCUT2D eigenvalue weighted by Gasteiger charge is 2.55. The fraction of sp³-hybridized carbons (Fsp3) is 0.769. The van der Waals surface area contributed by atoms with E-state index >= 15 is 0 Å². The molecule has 8 saturated carbocycles. The van der Waals surface area contributed by atoms with Crippen LogP contribution < -0.4 is 0 Å². The molecule has 8 aliphatic carbocycles. The van der Waals surface area contributed by atoms with Crippen molar-refractivity contribution in [1.82, 2.24) is 0 Å². The third-order valence-corrected chi connectivity index (χ3v) is 10.3. The molecule has 0 aromatic heterocycles. The van der Waals surface area contributed by atoms with Crippen LogP contribution in [0.25, 0.3) is 0 Å². The van der Waals surface area contributed by atoms with Crippen LogP contribution in [-0.4, -0.2) is 10.2 Å². The summed E-state index contributed by atoms with van der Waals surface area (Å²) in [5, 5.41) is 22.5. The molecule has 2 heteroatoms. The van der Waals surface area contributed by atoms with Crippen molar-refractivity contribution in [3.05, 3.63) is 23.3 Å². The molecule has 1 aromatic rings. The third-order valence-electron chi connectivity index (χ3n) is 10.3. The predicted octanol–water partition coefficient (Wildman–Crippen LogP) is 6.03. The molecule has 0 heterocycles. The fourth-order valence-electron chi connectivity index (χ4n) is 10.3. The van der Waals surface area contributed by atoms with Crippen LogP contribution in [0.4, 0.5) is 0 Å². The average molecular weight is 379 g/mol. The van der Waals surface area contributed by atoms with E-state index in [0.29, 0.717) is 11.5 Å². The molecule has 1 aromatic carbocycles. The number of phenolic OH excluding ortho intramolecular Hbond substituents is 2. The molecule has 8 fully saturated rings. The van der Waals surface area contributed by atoms with Gasteiger partial charge in [0.2, 0.25) is 0 Å². The van der Waals surface area contributed by atoms with Gasteiger partial charge < -0.3 is 10.2 Å². The van der Waals surface area contributed by atoms with E-state index in [2.05, 4.69) is 12.1 Å². The Labute approximate surface area is 168 Å². The highest BCUT2D eigenvalue weighted by atomic mass is 16.3. The highest BCUT2D eigenvalue weighted by molar-refractivity contribution is 5.54. The zero-order valence-corrected chi connectivity index (χ0v) is 17.0. The van der Waals surface area contributed by atoms with Gasteiger partial charge in [-0.1, -0.05) is 0 Å². The second-order valence-electron chi connectivity index (χ2n) is 12.3. The van der Waals surface area contributed by atoms with Gasteiger partial charge in [0.05, 0.1) is 0 Å². The second kappa shape index (κ2) is 5.29. The van der Waals surface area contributed by atoms with Crippen LogP contribution >= 0.6 is 0 Å². The maximum Gasteiger partial charge on any atom is 0.123 e. The minimum Gasteiger partial charge on any atom is -0.507 e. The first-order valence-corrected chi connectivity index (χ1v) is 12.1. The minimum atomic E-state index is 0.0584. The summed E-state index contributed by atoms with van der Waals surface area (Å²) in [5.41, 5.74) is 2.49. The molecule has 0 spiro atoms. The first kappa shape index (κ1) is 16.6. The van der Waals surface area contributed by atoms with Gasteiger partial charge >= 0.3 is 0 Å². The van der Waals surface area contributed by atoms with Crippen LogP contribution in [0.15, 0.2) is 12.1 Å². The fourth-order valence-corrected chi connectivity index (χ4v) is 10.3. The summed E-state index contributed by atoms with van der Waals surface area (Å²) in [5.74, 6) is 5.99. The summed E-state index contributed by atoms with van der Waals surface area (Å²) >= 11 is 0. The first-order chi connectivity index (χ1) is 13.5. The van der Waals surface area contributed by atoms with E-state index in [9.17, 15) is 10.2 Å². The van der Waals surface area contributed by atoms with Crippen LogP contribution in [0, 0.1) is 35.5 Å². The molecule has 0 aliphatic heterocycles. The molecule has 0 saturated heterocycles. The zero-order valence-electron chi connectivity index (χ0n) is 17.0. The Hall–Kier alpha value is -1.18. The molecule has 8 aliphatic rings. The molecule has 8 bridgehead atoms. The minimum absolute atomic E-state index is 0.0584. The largest absolute Gasteiger partial charge is 0.507 e. The van der Waals surface area contributed by atoms with Crippen molar-refractivity contribution in [1.29, 1.82) is 0 Å². The lowest BCUT2D eigenvalue weighted by atomic mass is 9.47. The molecular weight excluding hydrogens is 344 g/mol. The Bertz CT molecular complexity index is 743. The lowest BCUT2D eigenvalue weighted by Crippen LogP contribution is -2.49. The van der Waals surface area contributed by atoms with Gasteiger partial charge in [0.25, 0.3) is 0 Å². The first-order valence-electron chi connectivity index (χ1n) is 12.1. The summed E-state index contributed by atoms with van der Waals surface area (Å²) in [7, 11) is 0. The van der Waals surface area contributed by atoms with Crippen molar-refractivity contribution in [2.24, 2.45) is 35.5 Å². The third kappa shape index (κ3) is 2.16. The summed E-state index contributed by atoms with van der Waals surface area (Å²) in [4.78, 5) is 0. The predicted molar refractivity (Wildman–Crippen MR) is 109 cm³/mol. The van der Waals surface area contributed by atoms with E-state index in [1.54, 1.807) is 0 Å². The molecule has 0 radical (unpaired) electrons. The monoisotopic (exact) mass is 378 g/mol. The van der Waals surface area contributed by atoms with Gasteiger partial charge in [0, 0.05) is 11.0 Å². The second-order valence-corrected chi connectivity index (χ2v) is 12.3. The van der Waals surface area contributed by atoms with Crippen LogP contribution in [-0.2, 0) is 10.8 Å². The van der Waals surface area contributed by atoms with Gasteiger partial charge in [-0.3, -0.25) is 0 Å². The quantitative estimate of drug-likeness (QED) is 0.659. The molecule has 0 atom stereocenters. The Kier molecular flexibility index (Phi) is 3.14. The van der Waals surface area contributed by atoms with E-state index in [1.165, 1.54) is 82.6 Å². The van der Waals surface area contributed by atoms with Crippen molar-refractivity contribution in [3.8, 4) is 11.5 Å². The number of phenols is 2. The van der Waals surface area contributed by atoms with Gasteiger partial charge in [0.1, 0.15) is 11.5 Å². The van der Waals surface area contributed by atoms with E-state index in [0.717, 1.165) is 41.1 Å². The van der Waals surface area contributed by atoms with Gasteiger partial charge in [0.15, 0.2) is 0 Å². The summed E-state index contributed by atoms with van der Waals surface area (Å²) in [6.45, 7) is 0. The SMILES string of the molecule is Oc1cc(C23CC4CC(CC(C4)C2)C3)cc(O)c1C12CC3CC(CC(C3)C1)C2. The number of hydrogen-bond donors (Lipinski definition) is 2. The Balaban J connectivity index is 1.30. The van der Waals surface area contributed by atoms with E-state index < -0.39 is 0 Å². The molecular formula is C26H34O2. The Morgan fingerprint density at radius 3 is 1.21 bits per heavy atom. The van der Waals surface area contributed by atoms with Crippen LogP contribution in [0.2, 0.25) is 0 Å². The average Bonchev–Trinajstić information content (AvgIpc) is 2.58. The smallest absolute Gasteiger partial charge is 0.123 e. The van der Waals surface area contributed by atoms with Crippen LogP contribution in [0.1, 0.15) is 88.2 Å². The van der Waals surface area contributed by atoms with E-state index in [1.807, 2.05) is 0 Å². The Morgan fingerprint density at radius 1 is 0.536 bits per heavy atom. The van der Waals surface area contributed by atoms with Crippen molar-refractivity contribution in [3.63, 3.8) is 0 Å². The summed E-state index contributed by atoms with van der Waals surface area (Å²) < 4.78 is 0.